The molecule has 1 aromatic rings. The number of anilines is 1. The lowest BCUT2D eigenvalue weighted by atomic mass is 10.2. The van der Waals surface area contributed by atoms with Crippen LogP contribution in [0.3, 0.4) is 0 Å². The van der Waals surface area contributed by atoms with E-state index in [-0.39, 0.29) is 11.8 Å². The Labute approximate surface area is 108 Å². The van der Waals surface area contributed by atoms with Gasteiger partial charge >= 0.3 is 12.3 Å². The third-order valence-corrected chi connectivity index (χ3v) is 2.22. The number of nitrogens with one attached hydrogen (secondary N) is 1. The molecular weight excluding hydrogens is 266 g/mol. The summed E-state index contributed by atoms with van der Waals surface area (Å²) in [5, 5.41) is 2.72. The SMILES string of the molecule is CNc1cc(OCC(F)(F)C(F)F)nc(C(C)C)n1. The van der Waals surface area contributed by atoms with Crippen molar-refractivity contribution in [3.05, 3.63) is 11.9 Å². The molecular formula is C11H15F4N3O. The zero-order chi connectivity index (χ0) is 14.6. The summed E-state index contributed by atoms with van der Waals surface area (Å²) < 4.78 is 54.1. The van der Waals surface area contributed by atoms with E-state index in [4.69, 9.17) is 0 Å². The van der Waals surface area contributed by atoms with E-state index in [1.807, 2.05) is 13.8 Å². The maximum absolute atomic E-state index is 12.7. The van der Waals surface area contributed by atoms with Gasteiger partial charge in [-0.15, -0.1) is 0 Å². The molecule has 0 aliphatic carbocycles. The lowest BCUT2D eigenvalue weighted by molar-refractivity contribution is -0.148. The maximum atomic E-state index is 12.7. The van der Waals surface area contributed by atoms with Crippen molar-refractivity contribution >= 4 is 5.82 Å². The molecule has 0 saturated carbocycles. The Morgan fingerprint density at radius 3 is 2.42 bits per heavy atom. The predicted octanol–water partition coefficient (Wildman–Crippen LogP) is 2.92. The molecule has 0 spiro atoms. The molecule has 0 aromatic carbocycles. The van der Waals surface area contributed by atoms with Crippen molar-refractivity contribution in [2.45, 2.75) is 32.1 Å². The van der Waals surface area contributed by atoms with Gasteiger partial charge in [0.05, 0.1) is 0 Å². The average Bonchev–Trinajstić information content (AvgIpc) is 2.35. The molecule has 0 radical (unpaired) electrons. The van der Waals surface area contributed by atoms with Crippen molar-refractivity contribution < 1.29 is 22.3 Å². The van der Waals surface area contributed by atoms with Crippen LogP contribution >= 0.6 is 0 Å². The molecule has 0 fully saturated rings. The van der Waals surface area contributed by atoms with Gasteiger partial charge in [0.2, 0.25) is 5.88 Å². The van der Waals surface area contributed by atoms with Gasteiger partial charge in [-0.25, -0.2) is 13.8 Å². The van der Waals surface area contributed by atoms with Crippen LogP contribution in [0.4, 0.5) is 23.4 Å². The third-order valence-electron chi connectivity index (χ3n) is 2.22. The number of ether oxygens (including phenoxy) is 1. The van der Waals surface area contributed by atoms with Crippen molar-refractivity contribution in [2.24, 2.45) is 0 Å². The van der Waals surface area contributed by atoms with Gasteiger partial charge in [0, 0.05) is 19.0 Å². The zero-order valence-corrected chi connectivity index (χ0v) is 10.8. The van der Waals surface area contributed by atoms with Crippen molar-refractivity contribution in [3.63, 3.8) is 0 Å². The summed E-state index contributed by atoms with van der Waals surface area (Å²) in [5.74, 6) is -3.67. The minimum Gasteiger partial charge on any atom is -0.471 e. The number of hydrogen-bond acceptors (Lipinski definition) is 4. The monoisotopic (exact) mass is 281 g/mol. The quantitative estimate of drug-likeness (QED) is 0.814. The van der Waals surface area contributed by atoms with E-state index in [0.29, 0.717) is 11.6 Å². The van der Waals surface area contributed by atoms with Gasteiger partial charge < -0.3 is 10.1 Å². The Bertz CT molecular complexity index is 426. The molecule has 4 nitrogen and oxygen atoms in total. The van der Waals surface area contributed by atoms with E-state index >= 15 is 0 Å². The number of halogens is 4. The van der Waals surface area contributed by atoms with Crippen LogP contribution in [0.2, 0.25) is 0 Å². The topological polar surface area (TPSA) is 47.0 Å². The van der Waals surface area contributed by atoms with Crippen LogP contribution in [0.1, 0.15) is 25.6 Å². The van der Waals surface area contributed by atoms with Gasteiger partial charge in [-0.2, -0.15) is 13.8 Å². The Balaban J connectivity index is 2.86. The lowest BCUT2D eigenvalue weighted by Crippen LogP contribution is -2.34. The summed E-state index contributed by atoms with van der Waals surface area (Å²) in [4.78, 5) is 7.98. The van der Waals surface area contributed by atoms with E-state index in [2.05, 4.69) is 20.0 Å². The second-order valence-corrected chi connectivity index (χ2v) is 4.20. The Kier molecular flexibility index (Phi) is 4.90. The molecule has 1 heterocycles. The number of hydrogen-bond donors (Lipinski definition) is 1. The Hall–Kier alpha value is -1.60. The molecule has 0 bridgehead atoms. The van der Waals surface area contributed by atoms with Gasteiger partial charge in [0.1, 0.15) is 11.6 Å². The van der Waals surface area contributed by atoms with Crippen LogP contribution in [0, 0.1) is 0 Å². The summed E-state index contributed by atoms with van der Waals surface area (Å²) in [5.41, 5.74) is 0. The van der Waals surface area contributed by atoms with Gasteiger partial charge in [-0.05, 0) is 0 Å². The molecule has 0 saturated heterocycles. The standard InChI is InChI=1S/C11H15F4N3O/c1-6(2)9-17-7(16-3)4-8(18-9)19-5-11(14,15)10(12)13/h4,6,10H,5H2,1-3H3,(H,16,17,18). The summed E-state index contributed by atoms with van der Waals surface area (Å²) in [6, 6.07) is 1.27. The number of nitrogens with zero attached hydrogens (tertiary/aromatic N) is 2. The fraction of sp³-hybridized carbons (Fsp3) is 0.636. The molecule has 0 unspecified atom stereocenters. The van der Waals surface area contributed by atoms with Crippen LogP contribution in [-0.2, 0) is 0 Å². The lowest BCUT2D eigenvalue weighted by Gasteiger charge is -2.16. The van der Waals surface area contributed by atoms with Crippen LogP contribution in [-0.4, -0.2) is 36.0 Å². The van der Waals surface area contributed by atoms with Gasteiger partial charge in [-0.3, -0.25) is 0 Å². The van der Waals surface area contributed by atoms with Crippen LogP contribution in [0.25, 0.3) is 0 Å². The number of alkyl halides is 4. The molecule has 1 N–H and O–H groups in total. The molecule has 0 atom stereocenters. The van der Waals surface area contributed by atoms with E-state index < -0.39 is 19.0 Å². The molecule has 19 heavy (non-hydrogen) atoms. The largest absolute Gasteiger partial charge is 0.471 e. The molecule has 0 aliphatic heterocycles. The third kappa shape index (κ3) is 4.22. The number of rotatable bonds is 6. The summed E-state index contributed by atoms with van der Waals surface area (Å²) in [7, 11) is 1.59. The predicted molar refractivity (Wildman–Crippen MR) is 62.1 cm³/mol. The number of aromatic nitrogens is 2. The molecule has 8 heteroatoms. The highest BCUT2D eigenvalue weighted by Gasteiger charge is 2.41. The van der Waals surface area contributed by atoms with E-state index in [1.165, 1.54) is 6.07 Å². The fourth-order valence-electron chi connectivity index (χ4n) is 1.14. The summed E-state index contributed by atoms with van der Waals surface area (Å²) >= 11 is 0. The second kappa shape index (κ2) is 6.03. The minimum atomic E-state index is -4.21. The first-order valence-electron chi connectivity index (χ1n) is 5.61. The van der Waals surface area contributed by atoms with E-state index in [0.717, 1.165) is 0 Å². The Morgan fingerprint density at radius 2 is 1.95 bits per heavy atom. The minimum absolute atomic E-state index is 0.0498. The van der Waals surface area contributed by atoms with E-state index in [1.54, 1.807) is 7.05 Å². The molecule has 1 aromatic heterocycles. The first-order valence-corrected chi connectivity index (χ1v) is 5.61. The first-order chi connectivity index (χ1) is 8.76. The molecule has 1 rings (SSSR count). The van der Waals surface area contributed by atoms with Crippen LogP contribution in [0.5, 0.6) is 5.88 Å². The fourth-order valence-corrected chi connectivity index (χ4v) is 1.14. The highest BCUT2D eigenvalue weighted by molar-refractivity contribution is 5.38. The van der Waals surface area contributed by atoms with Crippen molar-refractivity contribution in [1.82, 2.24) is 9.97 Å². The van der Waals surface area contributed by atoms with E-state index in [9.17, 15) is 17.6 Å². The molecule has 0 amide bonds. The Morgan fingerprint density at radius 1 is 1.32 bits per heavy atom. The van der Waals surface area contributed by atoms with Crippen molar-refractivity contribution in [2.75, 3.05) is 19.0 Å². The van der Waals surface area contributed by atoms with Gasteiger partial charge in [-0.1, -0.05) is 13.8 Å². The zero-order valence-electron chi connectivity index (χ0n) is 10.8. The highest BCUT2D eigenvalue weighted by Crippen LogP contribution is 2.25. The summed E-state index contributed by atoms with van der Waals surface area (Å²) in [6.45, 7) is 2.20. The van der Waals surface area contributed by atoms with Crippen molar-refractivity contribution in [3.8, 4) is 5.88 Å². The van der Waals surface area contributed by atoms with Crippen LogP contribution in [0.15, 0.2) is 6.07 Å². The average molecular weight is 281 g/mol. The smallest absolute Gasteiger partial charge is 0.340 e. The molecule has 108 valence electrons. The second-order valence-electron chi connectivity index (χ2n) is 4.20. The van der Waals surface area contributed by atoms with Crippen molar-refractivity contribution in [1.29, 1.82) is 0 Å². The van der Waals surface area contributed by atoms with Gasteiger partial charge in [0.25, 0.3) is 0 Å². The maximum Gasteiger partial charge on any atom is 0.340 e. The molecule has 0 aliphatic rings. The van der Waals surface area contributed by atoms with Crippen LogP contribution < -0.4 is 10.1 Å². The first kappa shape index (κ1) is 15.5. The highest BCUT2D eigenvalue weighted by atomic mass is 19.3. The van der Waals surface area contributed by atoms with Gasteiger partial charge in [0.15, 0.2) is 6.61 Å². The summed E-state index contributed by atoms with van der Waals surface area (Å²) in [6.07, 6.45) is -3.78. The normalized spacial score (nSPS) is 12.1.